The second kappa shape index (κ2) is 5.48. The molecular formula is C13H14FN5. The van der Waals surface area contributed by atoms with Crippen molar-refractivity contribution in [1.82, 2.24) is 14.8 Å². The van der Waals surface area contributed by atoms with E-state index < -0.39 is 5.82 Å². The number of halogens is 1. The normalized spacial score (nSPS) is 10.5. The Kier molecular flexibility index (Phi) is 3.76. The number of nitrogens with one attached hydrogen (secondary N) is 1. The summed E-state index contributed by atoms with van der Waals surface area (Å²) in [5, 5.41) is 15.7. The Labute approximate surface area is 110 Å². The Balaban J connectivity index is 2.11. The number of rotatable bonds is 4. The smallest absolute Gasteiger partial charge is 0.147 e. The fourth-order valence-electron chi connectivity index (χ4n) is 1.73. The summed E-state index contributed by atoms with van der Waals surface area (Å²) in [5.74, 6) is 0.286. The van der Waals surface area contributed by atoms with Crippen LogP contribution >= 0.6 is 0 Å². The van der Waals surface area contributed by atoms with Gasteiger partial charge in [0.15, 0.2) is 0 Å². The van der Waals surface area contributed by atoms with Crippen molar-refractivity contribution in [3.05, 3.63) is 41.7 Å². The van der Waals surface area contributed by atoms with Crippen molar-refractivity contribution in [3.8, 4) is 6.07 Å². The van der Waals surface area contributed by atoms with Gasteiger partial charge in [-0.05, 0) is 32.0 Å². The minimum absolute atomic E-state index is 0.199. The van der Waals surface area contributed by atoms with Crippen LogP contribution in [0.25, 0.3) is 0 Å². The summed E-state index contributed by atoms with van der Waals surface area (Å²) in [6.45, 7) is 4.38. The third-order valence-corrected chi connectivity index (χ3v) is 2.67. The second-order valence-corrected chi connectivity index (χ2v) is 4.37. The minimum atomic E-state index is -0.449. The fraction of sp³-hybridized carbons (Fsp3) is 0.308. The van der Waals surface area contributed by atoms with Gasteiger partial charge >= 0.3 is 0 Å². The molecule has 0 saturated carbocycles. The first kappa shape index (κ1) is 13.0. The molecule has 1 aromatic heterocycles. The van der Waals surface area contributed by atoms with Crippen LogP contribution < -0.4 is 5.32 Å². The maximum Gasteiger partial charge on any atom is 0.147 e. The van der Waals surface area contributed by atoms with Crippen molar-refractivity contribution in [2.45, 2.75) is 26.4 Å². The second-order valence-electron chi connectivity index (χ2n) is 4.37. The lowest BCUT2D eigenvalue weighted by molar-refractivity contribution is 0.508. The molecular weight excluding hydrogens is 245 g/mol. The Morgan fingerprint density at radius 2 is 2.26 bits per heavy atom. The van der Waals surface area contributed by atoms with Gasteiger partial charge in [0.1, 0.15) is 18.0 Å². The van der Waals surface area contributed by atoms with E-state index in [0.29, 0.717) is 17.8 Å². The highest BCUT2D eigenvalue weighted by Gasteiger charge is 2.09. The first-order valence-electron chi connectivity index (χ1n) is 5.93. The van der Waals surface area contributed by atoms with E-state index in [-0.39, 0.29) is 6.04 Å². The maximum atomic E-state index is 13.7. The van der Waals surface area contributed by atoms with Crippen LogP contribution in [-0.4, -0.2) is 14.8 Å². The zero-order valence-corrected chi connectivity index (χ0v) is 10.8. The number of anilines is 1. The number of hydrogen-bond donors (Lipinski definition) is 1. The third kappa shape index (κ3) is 2.88. The van der Waals surface area contributed by atoms with Crippen LogP contribution in [0.2, 0.25) is 0 Å². The lowest BCUT2D eigenvalue weighted by atomic mass is 10.2. The Morgan fingerprint density at radius 1 is 1.47 bits per heavy atom. The van der Waals surface area contributed by atoms with Gasteiger partial charge in [0.25, 0.3) is 0 Å². The number of hydrogen-bond acceptors (Lipinski definition) is 4. The maximum absolute atomic E-state index is 13.7. The lowest BCUT2D eigenvalue weighted by Gasteiger charge is -2.11. The summed E-state index contributed by atoms with van der Waals surface area (Å²) < 4.78 is 15.4. The van der Waals surface area contributed by atoms with Crippen LogP contribution in [0, 0.1) is 17.1 Å². The first-order chi connectivity index (χ1) is 9.11. The molecule has 19 heavy (non-hydrogen) atoms. The molecule has 1 N–H and O–H groups in total. The molecule has 0 spiro atoms. The summed E-state index contributed by atoms with van der Waals surface area (Å²) >= 11 is 0. The highest BCUT2D eigenvalue weighted by molar-refractivity contribution is 5.48. The van der Waals surface area contributed by atoms with Crippen molar-refractivity contribution in [1.29, 1.82) is 5.26 Å². The van der Waals surface area contributed by atoms with Crippen molar-refractivity contribution in [2.24, 2.45) is 0 Å². The van der Waals surface area contributed by atoms with E-state index in [1.165, 1.54) is 12.4 Å². The Hall–Kier alpha value is -2.42. The quantitative estimate of drug-likeness (QED) is 0.916. The average Bonchev–Trinajstić information content (AvgIpc) is 2.85. The zero-order valence-electron chi connectivity index (χ0n) is 10.8. The molecule has 0 radical (unpaired) electrons. The lowest BCUT2D eigenvalue weighted by Crippen LogP contribution is -2.12. The fourth-order valence-corrected chi connectivity index (χ4v) is 1.73. The van der Waals surface area contributed by atoms with E-state index in [9.17, 15) is 4.39 Å². The highest BCUT2D eigenvalue weighted by atomic mass is 19.1. The van der Waals surface area contributed by atoms with E-state index in [0.717, 1.165) is 5.82 Å². The van der Waals surface area contributed by atoms with E-state index in [1.54, 1.807) is 16.8 Å². The van der Waals surface area contributed by atoms with Gasteiger partial charge in [0, 0.05) is 6.04 Å². The topological polar surface area (TPSA) is 66.5 Å². The molecule has 0 atom stereocenters. The summed E-state index contributed by atoms with van der Waals surface area (Å²) in [6, 6.07) is 6.41. The molecule has 0 saturated heterocycles. The van der Waals surface area contributed by atoms with Gasteiger partial charge in [-0.15, -0.1) is 0 Å². The highest BCUT2D eigenvalue weighted by Crippen LogP contribution is 2.16. The number of nitriles is 1. The zero-order chi connectivity index (χ0) is 13.8. The van der Waals surface area contributed by atoms with Crippen LogP contribution in [0.3, 0.4) is 0 Å². The molecule has 0 aliphatic carbocycles. The molecule has 0 amide bonds. The molecule has 2 rings (SSSR count). The van der Waals surface area contributed by atoms with Gasteiger partial charge < -0.3 is 5.32 Å². The van der Waals surface area contributed by atoms with Crippen LogP contribution in [0.1, 0.15) is 31.3 Å². The summed E-state index contributed by atoms with van der Waals surface area (Å²) in [5.41, 5.74) is 0.644. The van der Waals surface area contributed by atoms with Gasteiger partial charge in [0.05, 0.1) is 23.9 Å². The van der Waals surface area contributed by atoms with Crippen molar-refractivity contribution >= 4 is 5.69 Å². The van der Waals surface area contributed by atoms with Crippen LogP contribution in [-0.2, 0) is 6.54 Å². The van der Waals surface area contributed by atoms with Gasteiger partial charge in [-0.2, -0.15) is 10.4 Å². The molecule has 5 nitrogen and oxygen atoms in total. The van der Waals surface area contributed by atoms with Gasteiger partial charge in [0.2, 0.25) is 0 Å². The molecule has 1 aromatic carbocycles. The predicted octanol–water partition coefficient (Wildman–Crippen LogP) is 2.48. The summed E-state index contributed by atoms with van der Waals surface area (Å²) in [6.07, 6.45) is 1.48. The first-order valence-corrected chi connectivity index (χ1v) is 5.93. The van der Waals surface area contributed by atoms with Crippen LogP contribution in [0.5, 0.6) is 0 Å². The summed E-state index contributed by atoms with van der Waals surface area (Å²) in [4.78, 5) is 4.13. The SMILES string of the molecule is CC(C)n1ncnc1CNc1ccc(C#N)cc1F. The number of nitrogens with zero attached hydrogens (tertiary/aromatic N) is 4. The Morgan fingerprint density at radius 3 is 2.89 bits per heavy atom. The number of benzene rings is 1. The van der Waals surface area contributed by atoms with E-state index >= 15 is 0 Å². The van der Waals surface area contributed by atoms with Crippen molar-refractivity contribution in [3.63, 3.8) is 0 Å². The third-order valence-electron chi connectivity index (χ3n) is 2.67. The molecule has 0 bridgehead atoms. The molecule has 0 unspecified atom stereocenters. The van der Waals surface area contributed by atoms with Crippen molar-refractivity contribution < 1.29 is 4.39 Å². The van der Waals surface area contributed by atoms with Crippen LogP contribution in [0.4, 0.5) is 10.1 Å². The molecule has 98 valence electrons. The molecule has 6 heteroatoms. The standard InChI is InChI=1S/C13H14FN5/c1-9(2)19-13(17-8-18-19)7-16-12-4-3-10(6-15)5-11(12)14/h3-5,8-9,16H,7H2,1-2H3. The van der Waals surface area contributed by atoms with Crippen molar-refractivity contribution in [2.75, 3.05) is 5.32 Å². The number of aromatic nitrogens is 3. The van der Waals surface area contributed by atoms with Gasteiger partial charge in [-0.3, -0.25) is 0 Å². The predicted molar refractivity (Wildman–Crippen MR) is 68.8 cm³/mol. The molecule has 0 aliphatic heterocycles. The molecule has 0 aliphatic rings. The largest absolute Gasteiger partial charge is 0.375 e. The summed E-state index contributed by atoms with van der Waals surface area (Å²) in [7, 11) is 0. The molecule has 2 aromatic rings. The van der Waals surface area contributed by atoms with E-state index in [1.807, 2.05) is 19.9 Å². The monoisotopic (exact) mass is 259 g/mol. The van der Waals surface area contributed by atoms with Gasteiger partial charge in [-0.25, -0.2) is 14.1 Å². The van der Waals surface area contributed by atoms with E-state index in [4.69, 9.17) is 5.26 Å². The molecule has 1 heterocycles. The average molecular weight is 259 g/mol. The molecule has 0 fully saturated rings. The van der Waals surface area contributed by atoms with Crippen LogP contribution in [0.15, 0.2) is 24.5 Å². The minimum Gasteiger partial charge on any atom is -0.375 e. The van der Waals surface area contributed by atoms with Gasteiger partial charge in [-0.1, -0.05) is 0 Å². The van der Waals surface area contributed by atoms with E-state index in [2.05, 4.69) is 15.4 Å². The Bertz CT molecular complexity index is 612.